The third-order valence-corrected chi connectivity index (χ3v) is 5.21. The van der Waals surface area contributed by atoms with Crippen LogP contribution in [0.15, 0.2) is 52.0 Å². The minimum Gasteiger partial charge on any atom is -0.467 e. The number of anilines is 1. The van der Waals surface area contributed by atoms with Gasteiger partial charge >= 0.3 is 5.97 Å². The average Bonchev–Trinajstić information content (AvgIpc) is 3.36. The Morgan fingerprint density at radius 3 is 2.90 bits per heavy atom. The molecule has 1 aromatic carbocycles. The van der Waals surface area contributed by atoms with Crippen LogP contribution in [0.2, 0.25) is 0 Å². The highest BCUT2D eigenvalue weighted by molar-refractivity contribution is 7.99. The van der Waals surface area contributed by atoms with Crippen LogP contribution in [0.5, 0.6) is 0 Å². The summed E-state index contributed by atoms with van der Waals surface area (Å²) in [6, 6.07) is 12.6. The van der Waals surface area contributed by atoms with Gasteiger partial charge in [-0.1, -0.05) is 12.1 Å². The zero-order chi connectivity index (χ0) is 20.6. The highest BCUT2D eigenvalue weighted by Gasteiger charge is 2.35. The molecule has 0 unspecified atom stereocenters. The number of rotatable bonds is 8. The van der Waals surface area contributed by atoms with Crippen LogP contribution in [0, 0.1) is 17.2 Å². The van der Waals surface area contributed by atoms with Crippen molar-refractivity contribution in [3.63, 3.8) is 0 Å². The van der Waals surface area contributed by atoms with Gasteiger partial charge in [0, 0.05) is 17.9 Å². The summed E-state index contributed by atoms with van der Waals surface area (Å²) in [6.45, 7) is 0.0832. The van der Waals surface area contributed by atoms with Crippen molar-refractivity contribution in [1.82, 2.24) is 4.90 Å². The van der Waals surface area contributed by atoms with Gasteiger partial charge in [0.1, 0.15) is 5.76 Å². The van der Waals surface area contributed by atoms with E-state index in [9.17, 15) is 14.4 Å². The summed E-state index contributed by atoms with van der Waals surface area (Å²) >= 11 is 1.30. The van der Waals surface area contributed by atoms with E-state index in [0.29, 0.717) is 18.0 Å². The maximum atomic E-state index is 12.3. The molecule has 3 rings (SSSR count). The average molecular weight is 413 g/mol. The molecule has 0 aliphatic carbocycles. The molecule has 0 saturated carbocycles. The molecule has 29 heavy (non-hydrogen) atoms. The van der Waals surface area contributed by atoms with Gasteiger partial charge in [0.25, 0.3) is 5.91 Å². The SMILES string of the molecule is N#CCSc1ccccc1NC(=O)COC(=O)[C@@H]1CC(=O)N(Cc2ccco2)C1. The fourth-order valence-electron chi connectivity index (χ4n) is 2.92. The van der Waals surface area contributed by atoms with Gasteiger partial charge in [0.15, 0.2) is 6.61 Å². The predicted molar refractivity (Wildman–Crippen MR) is 105 cm³/mol. The Labute approximate surface area is 171 Å². The van der Waals surface area contributed by atoms with E-state index in [1.165, 1.54) is 22.9 Å². The largest absolute Gasteiger partial charge is 0.467 e. The Morgan fingerprint density at radius 1 is 1.31 bits per heavy atom. The minimum atomic E-state index is -0.608. The number of furan rings is 1. The predicted octanol–water partition coefficient (Wildman–Crippen LogP) is 2.43. The van der Waals surface area contributed by atoms with Crippen molar-refractivity contribution in [2.45, 2.75) is 17.9 Å². The minimum absolute atomic E-state index is 0.0504. The fraction of sp³-hybridized carbons (Fsp3) is 0.300. The van der Waals surface area contributed by atoms with E-state index in [2.05, 4.69) is 5.32 Å². The molecule has 2 amide bonds. The standard InChI is InChI=1S/C20H19N3O5S/c21-7-9-29-17-6-2-1-5-16(17)22-18(24)13-28-20(26)14-10-19(25)23(11-14)12-15-4-3-8-27-15/h1-6,8,14H,9-13H2,(H,22,24)/t14-/m1/s1. The van der Waals surface area contributed by atoms with E-state index in [-0.39, 0.29) is 24.6 Å². The van der Waals surface area contributed by atoms with E-state index >= 15 is 0 Å². The smallest absolute Gasteiger partial charge is 0.311 e. The normalized spacial score (nSPS) is 15.8. The number of thioether (sulfide) groups is 1. The zero-order valence-corrected chi connectivity index (χ0v) is 16.3. The topological polar surface area (TPSA) is 113 Å². The van der Waals surface area contributed by atoms with E-state index < -0.39 is 24.4 Å². The lowest BCUT2D eigenvalue weighted by Gasteiger charge is -2.15. The van der Waals surface area contributed by atoms with Crippen LogP contribution in [0.4, 0.5) is 5.69 Å². The molecule has 1 aliphatic rings. The summed E-state index contributed by atoms with van der Waals surface area (Å²) in [5, 5.41) is 11.4. The first-order valence-corrected chi connectivity index (χ1v) is 9.91. The van der Waals surface area contributed by atoms with Crippen LogP contribution < -0.4 is 5.32 Å². The van der Waals surface area contributed by atoms with Crippen LogP contribution in [0.3, 0.4) is 0 Å². The molecule has 1 N–H and O–H groups in total. The van der Waals surface area contributed by atoms with Gasteiger partial charge in [0.2, 0.25) is 5.91 Å². The van der Waals surface area contributed by atoms with Crippen molar-refractivity contribution in [3.05, 3.63) is 48.4 Å². The summed E-state index contributed by atoms with van der Waals surface area (Å²) in [4.78, 5) is 38.8. The Morgan fingerprint density at radius 2 is 2.14 bits per heavy atom. The number of nitriles is 1. The maximum Gasteiger partial charge on any atom is 0.311 e. The zero-order valence-electron chi connectivity index (χ0n) is 15.5. The number of carbonyl (C=O) groups is 3. The number of ether oxygens (including phenoxy) is 1. The molecule has 2 heterocycles. The number of benzene rings is 1. The summed E-state index contributed by atoms with van der Waals surface area (Å²) in [6.07, 6.45) is 1.58. The molecule has 8 nitrogen and oxygen atoms in total. The molecule has 0 bridgehead atoms. The summed E-state index contributed by atoms with van der Waals surface area (Å²) in [5.41, 5.74) is 0.550. The van der Waals surface area contributed by atoms with Crippen molar-refractivity contribution in [1.29, 1.82) is 5.26 Å². The van der Waals surface area contributed by atoms with E-state index in [4.69, 9.17) is 14.4 Å². The Bertz CT molecular complexity index is 922. The summed E-state index contributed by atoms with van der Waals surface area (Å²) in [5.74, 6) is -0.936. The van der Waals surface area contributed by atoms with Crippen molar-refractivity contribution in [3.8, 4) is 6.07 Å². The number of carbonyl (C=O) groups excluding carboxylic acids is 3. The fourth-order valence-corrected chi connectivity index (χ4v) is 3.59. The lowest BCUT2D eigenvalue weighted by molar-refractivity contribution is -0.151. The number of amides is 2. The van der Waals surface area contributed by atoms with E-state index in [1.54, 1.807) is 36.4 Å². The molecule has 2 aromatic rings. The van der Waals surface area contributed by atoms with Gasteiger partial charge in [-0.15, -0.1) is 11.8 Å². The molecular formula is C20H19N3O5S. The van der Waals surface area contributed by atoms with Crippen LogP contribution in [-0.4, -0.2) is 41.6 Å². The van der Waals surface area contributed by atoms with E-state index in [1.807, 2.05) is 6.07 Å². The molecular weight excluding hydrogens is 394 g/mol. The van der Waals surface area contributed by atoms with Gasteiger partial charge < -0.3 is 19.4 Å². The number of nitrogens with zero attached hydrogens (tertiary/aromatic N) is 2. The van der Waals surface area contributed by atoms with Gasteiger partial charge in [-0.25, -0.2) is 0 Å². The van der Waals surface area contributed by atoms with Crippen LogP contribution in [0.25, 0.3) is 0 Å². The van der Waals surface area contributed by atoms with E-state index in [0.717, 1.165) is 4.90 Å². The third kappa shape index (κ3) is 5.62. The van der Waals surface area contributed by atoms with Crippen molar-refractivity contribution < 1.29 is 23.5 Å². The number of para-hydroxylation sites is 1. The number of likely N-dealkylation sites (tertiary alicyclic amines) is 1. The highest BCUT2D eigenvalue weighted by Crippen LogP contribution is 2.26. The first kappa shape index (κ1) is 20.5. The molecule has 1 atom stereocenters. The lowest BCUT2D eigenvalue weighted by atomic mass is 10.1. The molecule has 1 aromatic heterocycles. The molecule has 9 heteroatoms. The van der Waals surface area contributed by atoms with Gasteiger partial charge in [-0.2, -0.15) is 5.26 Å². The second-order valence-corrected chi connectivity index (χ2v) is 7.37. The number of hydrogen-bond acceptors (Lipinski definition) is 7. The summed E-state index contributed by atoms with van der Waals surface area (Å²) < 4.78 is 10.3. The third-order valence-electron chi connectivity index (χ3n) is 4.27. The Hall–Kier alpha value is -3.25. The number of esters is 1. The Balaban J connectivity index is 1.48. The van der Waals surface area contributed by atoms with Gasteiger partial charge in [0.05, 0.1) is 36.2 Å². The number of nitrogens with one attached hydrogen (secondary N) is 1. The molecule has 0 spiro atoms. The van der Waals surface area contributed by atoms with Crippen LogP contribution >= 0.6 is 11.8 Å². The molecule has 0 radical (unpaired) electrons. The summed E-state index contributed by atoms with van der Waals surface area (Å²) in [7, 11) is 0. The first-order chi connectivity index (χ1) is 14.1. The van der Waals surface area contributed by atoms with Gasteiger partial charge in [-0.05, 0) is 24.3 Å². The molecule has 1 aliphatic heterocycles. The van der Waals surface area contributed by atoms with Crippen LogP contribution in [0.1, 0.15) is 12.2 Å². The Kier molecular flexibility index (Phi) is 6.92. The van der Waals surface area contributed by atoms with Crippen molar-refractivity contribution in [2.24, 2.45) is 5.92 Å². The lowest BCUT2D eigenvalue weighted by Crippen LogP contribution is -2.28. The highest BCUT2D eigenvalue weighted by atomic mass is 32.2. The second-order valence-electron chi connectivity index (χ2n) is 6.35. The first-order valence-electron chi connectivity index (χ1n) is 8.92. The quantitative estimate of drug-likeness (QED) is 0.522. The maximum absolute atomic E-state index is 12.3. The number of hydrogen-bond donors (Lipinski definition) is 1. The monoisotopic (exact) mass is 413 g/mol. The second kappa shape index (κ2) is 9.80. The molecule has 150 valence electrons. The molecule has 1 fully saturated rings. The van der Waals surface area contributed by atoms with Crippen molar-refractivity contribution in [2.75, 3.05) is 24.2 Å². The van der Waals surface area contributed by atoms with Gasteiger partial charge in [-0.3, -0.25) is 14.4 Å². The van der Waals surface area contributed by atoms with Crippen LogP contribution in [-0.2, 0) is 25.7 Å². The molecule has 1 saturated heterocycles. The van der Waals surface area contributed by atoms with Crippen molar-refractivity contribution >= 4 is 35.2 Å².